The SMILES string of the molecule is COc1ccc(CC2(N)CC3CCC2C3)cc1[N+](=O)[O-]. The zero-order chi connectivity index (χ0) is 14.3. The topological polar surface area (TPSA) is 78.4 Å². The first-order valence-corrected chi connectivity index (χ1v) is 7.12. The lowest BCUT2D eigenvalue weighted by Gasteiger charge is -2.34. The van der Waals surface area contributed by atoms with Crippen molar-refractivity contribution >= 4 is 5.69 Å². The van der Waals surface area contributed by atoms with E-state index in [0.29, 0.717) is 11.7 Å². The highest BCUT2D eigenvalue weighted by Crippen LogP contribution is 2.50. The molecule has 0 aromatic heterocycles. The molecule has 20 heavy (non-hydrogen) atoms. The molecule has 3 atom stereocenters. The lowest BCUT2D eigenvalue weighted by molar-refractivity contribution is -0.385. The highest BCUT2D eigenvalue weighted by atomic mass is 16.6. The number of hydrogen-bond acceptors (Lipinski definition) is 4. The van der Waals surface area contributed by atoms with Crippen molar-refractivity contribution in [1.29, 1.82) is 0 Å². The highest BCUT2D eigenvalue weighted by molar-refractivity contribution is 5.49. The average Bonchev–Trinajstić information content (AvgIpc) is 2.98. The predicted molar refractivity (Wildman–Crippen MR) is 75.7 cm³/mol. The molecule has 5 heteroatoms. The monoisotopic (exact) mass is 276 g/mol. The number of fused-ring (bicyclic) bond motifs is 2. The summed E-state index contributed by atoms with van der Waals surface area (Å²) < 4.78 is 5.03. The maximum atomic E-state index is 11.1. The lowest BCUT2D eigenvalue weighted by Crippen LogP contribution is -2.46. The van der Waals surface area contributed by atoms with Crippen LogP contribution in [0.15, 0.2) is 18.2 Å². The Morgan fingerprint density at radius 3 is 2.85 bits per heavy atom. The molecule has 0 saturated heterocycles. The zero-order valence-corrected chi connectivity index (χ0v) is 11.7. The molecule has 2 saturated carbocycles. The molecule has 5 nitrogen and oxygen atoms in total. The lowest BCUT2D eigenvalue weighted by atomic mass is 9.77. The van der Waals surface area contributed by atoms with Gasteiger partial charge in [-0.15, -0.1) is 0 Å². The Bertz CT molecular complexity index is 546. The Morgan fingerprint density at radius 2 is 2.30 bits per heavy atom. The van der Waals surface area contributed by atoms with Crippen LogP contribution in [0.4, 0.5) is 5.69 Å². The molecular formula is C15H20N2O3. The Kier molecular flexibility index (Phi) is 3.17. The average molecular weight is 276 g/mol. The van der Waals surface area contributed by atoms with Gasteiger partial charge < -0.3 is 10.5 Å². The Morgan fingerprint density at radius 1 is 1.50 bits per heavy atom. The maximum absolute atomic E-state index is 11.1. The number of ether oxygens (including phenoxy) is 1. The Balaban J connectivity index is 1.84. The summed E-state index contributed by atoms with van der Waals surface area (Å²) >= 11 is 0. The van der Waals surface area contributed by atoms with E-state index in [0.717, 1.165) is 24.3 Å². The second-order valence-corrected chi connectivity index (χ2v) is 6.25. The van der Waals surface area contributed by atoms with Crippen molar-refractivity contribution in [2.45, 2.75) is 37.6 Å². The van der Waals surface area contributed by atoms with E-state index in [1.54, 1.807) is 12.1 Å². The molecule has 3 unspecified atom stereocenters. The predicted octanol–water partition coefficient (Wildman–Crippen LogP) is 2.66. The van der Waals surface area contributed by atoms with Gasteiger partial charge in [-0.2, -0.15) is 0 Å². The van der Waals surface area contributed by atoms with Crippen LogP contribution in [0.3, 0.4) is 0 Å². The van der Waals surface area contributed by atoms with E-state index in [4.69, 9.17) is 10.5 Å². The van der Waals surface area contributed by atoms with Gasteiger partial charge in [-0.05, 0) is 49.1 Å². The molecule has 108 valence electrons. The molecule has 2 aliphatic carbocycles. The van der Waals surface area contributed by atoms with Gasteiger partial charge >= 0.3 is 5.69 Å². The highest BCUT2D eigenvalue weighted by Gasteiger charge is 2.48. The van der Waals surface area contributed by atoms with E-state index in [-0.39, 0.29) is 11.2 Å². The molecule has 0 spiro atoms. The molecule has 2 bridgehead atoms. The van der Waals surface area contributed by atoms with Gasteiger partial charge in [0.25, 0.3) is 0 Å². The normalized spacial score (nSPS) is 31.5. The fourth-order valence-corrected chi connectivity index (χ4v) is 4.07. The molecule has 0 radical (unpaired) electrons. The third kappa shape index (κ3) is 2.16. The van der Waals surface area contributed by atoms with Crippen molar-refractivity contribution in [3.05, 3.63) is 33.9 Å². The van der Waals surface area contributed by atoms with E-state index < -0.39 is 4.92 Å². The van der Waals surface area contributed by atoms with Crippen LogP contribution in [0.25, 0.3) is 0 Å². The molecule has 2 fully saturated rings. The van der Waals surface area contributed by atoms with Gasteiger partial charge in [-0.3, -0.25) is 10.1 Å². The van der Waals surface area contributed by atoms with Gasteiger partial charge in [0.15, 0.2) is 5.75 Å². The van der Waals surface area contributed by atoms with Crippen molar-refractivity contribution in [3.8, 4) is 5.75 Å². The van der Waals surface area contributed by atoms with Crippen LogP contribution in [0.5, 0.6) is 5.75 Å². The molecule has 1 aromatic carbocycles. The fraction of sp³-hybridized carbons (Fsp3) is 0.600. The van der Waals surface area contributed by atoms with Crippen LogP contribution in [0.2, 0.25) is 0 Å². The van der Waals surface area contributed by atoms with Crippen molar-refractivity contribution in [1.82, 2.24) is 0 Å². The van der Waals surface area contributed by atoms with Crippen molar-refractivity contribution in [2.75, 3.05) is 7.11 Å². The standard InChI is InChI=1S/C15H20N2O3/c1-20-14-5-3-11(7-13(14)17(18)19)9-15(16)8-10-2-4-12(15)6-10/h3,5,7,10,12H,2,4,6,8-9,16H2,1H3. The first-order valence-electron chi connectivity index (χ1n) is 7.12. The first-order chi connectivity index (χ1) is 9.51. The van der Waals surface area contributed by atoms with Crippen LogP contribution in [0.1, 0.15) is 31.2 Å². The summed E-state index contributed by atoms with van der Waals surface area (Å²) in [6, 6.07) is 5.18. The molecule has 0 amide bonds. The number of nitro groups is 1. The van der Waals surface area contributed by atoms with Gasteiger partial charge in [0.05, 0.1) is 12.0 Å². The van der Waals surface area contributed by atoms with E-state index in [2.05, 4.69) is 0 Å². The Labute approximate surface area is 118 Å². The third-order valence-corrected chi connectivity index (χ3v) is 5.00. The summed E-state index contributed by atoms with van der Waals surface area (Å²) in [7, 11) is 1.45. The number of hydrogen-bond donors (Lipinski definition) is 1. The second-order valence-electron chi connectivity index (χ2n) is 6.25. The van der Waals surface area contributed by atoms with E-state index >= 15 is 0 Å². The minimum Gasteiger partial charge on any atom is -0.490 e. The van der Waals surface area contributed by atoms with Gasteiger partial charge in [0.1, 0.15) is 0 Å². The van der Waals surface area contributed by atoms with Gasteiger partial charge in [0, 0.05) is 11.6 Å². The molecular weight excluding hydrogens is 256 g/mol. The zero-order valence-electron chi connectivity index (χ0n) is 11.7. The number of nitrogens with two attached hydrogens (primary N) is 1. The van der Waals surface area contributed by atoms with Gasteiger partial charge in [-0.1, -0.05) is 12.5 Å². The molecule has 0 aliphatic heterocycles. The van der Waals surface area contributed by atoms with Crippen molar-refractivity contribution < 1.29 is 9.66 Å². The maximum Gasteiger partial charge on any atom is 0.311 e. The Hall–Kier alpha value is -1.62. The largest absolute Gasteiger partial charge is 0.490 e. The molecule has 0 heterocycles. The van der Waals surface area contributed by atoms with Crippen LogP contribution >= 0.6 is 0 Å². The van der Waals surface area contributed by atoms with Gasteiger partial charge in [0.2, 0.25) is 0 Å². The van der Waals surface area contributed by atoms with Gasteiger partial charge in [-0.25, -0.2) is 0 Å². The quantitative estimate of drug-likeness (QED) is 0.677. The van der Waals surface area contributed by atoms with Crippen LogP contribution in [-0.4, -0.2) is 17.6 Å². The van der Waals surface area contributed by atoms with E-state index in [1.807, 2.05) is 6.07 Å². The van der Waals surface area contributed by atoms with Crippen molar-refractivity contribution in [2.24, 2.45) is 17.6 Å². The minimum atomic E-state index is -0.397. The number of benzene rings is 1. The number of methoxy groups -OCH3 is 1. The van der Waals surface area contributed by atoms with Crippen LogP contribution < -0.4 is 10.5 Å². The number of rotatable bonds is 4. The molecule has 3 rings (SSSR count). The summed E-state index contributed by atoms with van der Waals surface area (Å²) in [5, 5.41) is 11.1. The van der Waals surface area contributed by atoms with E-state index in [9.17, 15) is 10.1 Å². The van der Waals surface area contributed by atoms with Crippen molar-refractivity contribution in [3.63, 3.8) is 0 Å². The summed E-state index contributed by atoms with van der Waals surface area (Å²) in [6.07, 6.45) is 5.51. The molecule has 1 aromatic rings. The van der Waals surface area contributed by atoms with Crippen LogP contribution in [0, 0.1) is 22.0 Å². The molecule has 2 aliphatic rings. The van der Waals surface area contributed by atoms with Crippen LogP contribution in [-0.2, 0) is 6.42 Å². The summed E-state index contributed by atoms with van der Waals surface area (Å²) in [6.45, 7) is 0. The second kappa shape index (κ2) is 4.74. The third-order valence-electron chi connectivity index (χ3n) is 5.00. The summed E-state index contributed by atoms with van der Waals surface area (Å²) in [5.41, 5.74) is 7.36. The minimum absolute atomic E-state index is 0.0248. The summed E-state index contributed by atoms with van der Waals surface area (Å²) in [4.78, 5) is 10.7. The summed E-state index contributed by atoms with van der Waals surface area (Å²) in [5.74, 6) is 1.64. The number of nitrogens with zero attached hydrogens (tertiary/aromatic N) is 1. The first kappa shape index (κ1) is 13.4. The molecule has 2 N–H and O–H groups in total. The fourth-order valence-electron chi connectivity index (χ4n) is 4.07. The smallest absolute Gasteiger partial charge is 0.311 e. The number of nitro benzene ring substituents is 1. The van der Waals surface area contributed by atoms with E-state index in [1.165, 1.54) is 26.4 Å².